The molecule has 0 spiro atoms. The molecule has 0 fully saturated rings. The van der Waals surface area contributed by atoms with E-state index in [0.29, 0.717) is 12.2 Å². The Kier molecular flexibility index (Phi) is 9.94. The monoisotopic (exact) mass is 465 g/mol. The van der Waals surface area contributed by atoms with Crippen LogP contribution in [-0.4, -0.2) is 29.1 Å². The maximum atomic E-state index is 12.8. The average molecular weight is 466 g/mol. The van der Waals surface area contributed by atoms with Crippen LogP contribution in [0.4, 0.5) is 8.78 Å². The largest absolute Gasteiger partial charge is 0.482 e. The lowest BCUT2D eigenvalue weighted by molar-refractivity contribution is -0.139. The molecule has 1 aliphatic rings. The van der Waals surface area contributed by atoms with Crippen molar-refractivity contribution in [3.63, 3.8) is 0 Å². The van der Waals surface area contributed by atoms with Crippen LogP contribution in [0.25, 0.3) is 5.57 Å². The molecular weight excluding hydrogens is 440 g/mol. The number of hydrogen-bond donors (Lipinski definition) is 1. The summed E-state index contributed by atoms with van der Waals surface area (Å²) in [6, 6.07) is 5.62. The maximum Gasteiger partial charge on any atom is 0.341 e. The van der Waals surface area contributed by atoms with Gasteiger partial charge < -0.3 is 9.84 Å². The van der Waals surface area contributed by atoms with Crippen molar-refractivity contribution in [3.8, 4) is 5.75 Å². The molecule has 0 radical (unpaired) electrons. The number of carbonyl (C=O) groups is 1. The topological polar surface area (TPSA) is 59.4 Å². The van der Waals surface area contributed by atoms with Gasteiger partial charge in [-0.1, -0.05) is 38.2 Å². The lowest BCUT2D eigenvalue weighted by Crippen LogP contribution is -2.09. The van der Waals surface area contributed by atoms with Crippen molar-refractivity contribution < 1.29 is 23.4 Å². The number of carboxylic acids is 1. The first-order valence-electron chi connectivity index (χ1n) is 9.82. The van der Waals surface area contributed by atoms with E-state index >= 15 is 0 Å². The number of nitrogens with zero attached hydrogens (tertiary/aromatic N) is 1. The molecule has 8 heteroatoms. The Labute approximate surface area is 189 Å². The predicted molar refractivity (Wildman–Crippen MR) is 123 cm³/mol. The van der Waals surface area contributed by atoms with Crippen molar-refractivity contribution in [2.24, 2.45) is 0 Å². The predicted octanol–water partition coefficient (Wildman–Crippen LogP) is 6.77. The average Bonchev–Trinajstić information content (AvgIpc) is 3.08. The number of ether oxygens (including phenoxy) is 1. The number of benzene rings is 1. The molecule has 0 saturated heterocycles. The number of carboxylic acid groups (broad SMARTS) is 1. The standard InChI is InChI=1S/C21H19F2NO3S2.C2H6/c1-13-9-16(7-8-18(13)27-11-19(25)26)28-12-17-10-24-21(29-17)15-4-2-3-14(5-6-15)20(22)23;1-2/h3-10,20H,2,11-12H2,1H3,(H,25,26);1-2H3. The van der Waals surface area contributed by atoms with E-state index in [0.717, 1.165) is 31.7 Å². The Bertz CT molecular complexity index is 981. The molecule has 1 aliphatic carbocycles. The molecule has 1 aromatic heterocycles. The van der Waals surface area contributed by atoms with Crippen molar-refractivity contribution >= 4 is 34.6 Å². The Morgan fingerprint density at radius 1 is 1.29 bits per heavy atom. The lowest BCUT2D eigenvalue weighted by Gasteiger charge is -2.08. The fourth-order valence-electron chi connectivity index (χ4n) is 2.64. The minimum absolute atomic E-state index is 0.0368. The number of thiazole rings is 1. The van der Waals surface area contributed by atoms with Crippen LogP contribution in [0.5, 0.6) is 5.75 Å². The minimum atomic E-state index is -2.47. The number of aromatic nitrogens is 1. The van der Waals surface area contributed by atoms with Crippen LogP contribution in [0.2, 0.25) is 0 Å². The Morgan fingerprint density at radius 3 is 2.74 bits per heavy atom. The van der Waals surface area contributed by atoms with Gasteiger partial charge in [-0.05, 0) is 37.1 Å². The summed E-state index contributed by atoms with van der Waals surface area (Å²) < 4.78 is 30.9. The highest BCUT2D eigenvalue weighted by atomic mass is 32.2. The highest BCUT2D eigenvalue weighted by molar-refractivity contribution is 7.98. The van der Waals surface area contributed by atoms with Crippen LogP contribution in [0.3, 0.4) is 0 Å². The SMILES string of the molecule is CC.Cc1cc(SCc2cnc(C3=CCC=C(C(F)F)C=C3)s2)ccc1OCC(=O)O. The highest BCUT2D eigenvalue weighted by Gasteiger charge is 2.12. The quantitative estimate of drug-likeness (QED) is 0.436. The minimum Gasteiger partial charge on any atom is -0.482 e. The van der Waals surface area contributed by atoms with Gasteiger partial charge in [-0.25, -0.2) is 18.6 Å². The van der Waals surface area contributed by atoms with Gasteiger partial charge in [0.1, 0.15) is 10.8 Å². The van der Waals surface area contributed by atoms with Crippen LogP contribution in [0, 0.1) is 6.92 Å². The number of alkyl halides is 2. The molecule has 0 aliphatic heterocycles. The first-order chi connectivity index (χ1) is 14.9. The molecule has 0 amide bonds. The van der Waals surface area contributed by atoms with Crippen molar-refractivity contribution in [3.05, 3.63) is 69.7 Å². The molecule has 1 N–H and O–H groups in total. The van der Waals surface area contributed by atoms with Crippen molar-refractivity contribution in [1.82, 2.24) is 4.98 Å². The van der Waals surface area contributed by atoms with Gasteiger partial charge in [-0.3, -0.25) is 0 Å². The van der Waals surface area contributed by atoms with E-state index in [1.165, 1.54) is 12.2 Å². The maximum absolute atomic E-state index is 12.8. The van der Waals surface area contributed by atoms with Gasteiger partial charge in [-0.15, -0.1) is 23.1 Å². The number of hydrogen-bond acceptors (Lipinski definition) is 5. The molecule has 166 valence electrons. The van der Waals surface area contributed by atoms with Gasteiger partial charge in [0.2, 0.25) is 0 Å². The van der Waals surface area contributed by atoms with E-state index in [9.17, 15) is 13.6 Å². The van der Waals surface area contributed by atoms with Crippen LogP contribution in [0.1, 0.15) is 35.7 Å². The summed E-state index contributed by atoms with van der Waals surface area (Å²) >= 11 is 3.18. The molecule has 0 saturated carbocycles. The van der Waals surface area contributed by atoms with Crippen LogP contribution in [-0.2, 0) is 10.5 Å². The van der Waals surface area contributed by atoms with Gasteiger partial charge in [-0.2, -0.15) is 0 Å². The van der Waals surface area contributed by atoms with Crippen molar-refractivity contribution in [2.75, 3.05) is 6.61 Å². The molecule has 1 aromatic carbocycles. The Morgan fingerprint density at radius 2 is 2.06 bits per heavy atom. The van der Waals surface area contributed by atoms with E-state index in [-0.39, 0.29) is 12.2 Å². The zero-order chi connectivity index (χ0) is 22.8. The molecule has 2 aromatic rings. The molecule has 1 heterocycles. The fraction of sp³-hybridized carbons (Fsp3) is 0.304. The van der Waals surface area contributed by atoms with Crippen LogP contribution in [0.15, 0.2) is 59.2 Å². The third kappa shape index (κ3) is 7.63. The van der Waals surface area contributed by atoms with E-state index in [4.69, 9.17) is 9.84 Å². The van der Waals surface area contributed by atoms with E-state index < -0.39 is 12.4 Å². The zero-order valence-electron chi connectivity index (χ0n) is 17.6. The number of halogens is 2. The summed E-state index contributed by atoms with van der Waals surface area (Å²) in [6.07, 6.45) is 6.39. The number of aryl methyl sites for hydroxylation is 1. The Hall–Kier alpha value is -2.45. The van der Waals surface area contributed by atoms with Crippen LogP contribution < -0.4 is 4.74 Å². The summed E-state index contributed by atoms with van der Waals surface area (Å²) in [5.41, 5.74) is 1.76. The second-order valence-electron chi connectivity index (χ2n) is 6.26. The van der Waals surface area contributed by atoms with Gasteiger partial charge in [0.25, 0.3) is 6.43 Å². The second-order valence-corrected chi connectivity index (χ2v) is 8.43. The van der Waals surface area contributed by atoms with Gasteiger partial charge >= 0.3 is 5.97 Å². The number of thioether (sulfide) groups is 1. The fourth-order valence-corrected chi connectivity index (χ4v) is 4.59. The second kappa shape index (κ2) is 12.4. The molecule has 4 nitrogen and oxygen atoms in total. The number of aliphatic carboxylic acids is 1. The van der Waals surface area contributed by atoms with E-state index in [1.807, 2.05) is 45.2 Å². The number of rotatable bonds is 8. The molecule has 0 unspecified atom stereocenters. The first kappa shape index (κ1) is 24.8. The highest BCUT2D eigenvalue weighted by Crippen LogP contribution is 2.32. The summed E-state index contributed by atoms with van der Waals surface area (Å²) in [5, 5.41) is 9.52. The molecule has 3 rings (SSSR count). The Balaban J connectivity index is 0.00000166. The molecule has 0 bridgehead atoms. The third-order valence-electron chi connectivity index (χ3n) is 4.08. The third-order valence-corrected chi connectivity index (χ3v) is 6.35. The number of allylic oxidation sites excluding steroid dienone is 6. The van der Waals surface area contributed by atoms with Gasteiger partial charge in [0.05, 0.1) is 0 Å². The normalized spacial score (nSPS) is 13.1. The van der Waals surface area contributed by atoms with Gasteiger partial charge in [0, 0.05) is 32.9 Å². The molecular formula is C23H25F2NO3S2. The smallest absolute Gasteiger partial charge is 0.341 e. The summed E-state index contributed by atoms with van der Waals surface area (Å²) in [7, 11) is 0. The van der Waals surface area contributed by atoms with Crippen LogP contribution >= 0.6 is 23.1 Å². The molecule has 31 heavy (non-hydrogen) atoms. The first-order valence-corrected chi connectivity index (χ1v) is 11.6. The summed E-state index contributed by atoms with van der Waals surface area (Å²) in [6.45, 7) is 5.51. The van der Waals surface area contributed by atoms with Crippen molar-refractivity contribution in [2.45, 2.75) is 44.3 Å². The molecule has 0 atom stereocenters. The van der Waals surface area contributed by atoms with E-state index in [2.05, 4.69) is 4.98 Å². The summed E-state index contributed by atoms with van der Waals surface area (Å²) in [4.78, 5) is 17.2. The zero-order valence-corrected chi connectivity index (χ0v) is 19.2. The van der Waals surface area contributed by atoms with E-state index in [1.54, 1.807) is 35.2 Å². The lowest BCUT2D eigenvalue weighted by atomic mass is 10.2. The van der Waals surface area contributed by atoms with Crippen molar-refractivity contribution in [1.29, 1.82) is 0 Å². The van der Waals surface area contributed by atoms with Gasteiger partial charge in [0.15, 0.2) is 6.61 Å². The summed E-state index contributed by atoms with van der Waals surface area (Å²) in [5.74, 6) is 0.272.